The number of thiazole rings is 1. The number of aromatic nitrogens is 1. The van der Waals surface area contributed by atoms with Crippen LogP contribution in [0.15, 0.2) is 41.9 Å². The van der Waals surface area contributed by atoms with E-state index in [9.17, 15) is 19.2 Å². The number of nitrogens with one attached hydrogen (secondary N) is 2. The fourth-order valence-corrected chi connectivity index (χ4v) is 7.92. The van der Waals surface area contributed by atoms with E-state index < -0.39 is 35.6 Å². The molecule has 4 amide bonds. The first-order valence-electron chi connectivity index (χ1n) is 19.0. The summed E-state index contributed by atoms with van der Waals surface area (Å²) in [7, 11) is 4.88. The Labute approximate surface area is 320 Å². The molecule has 2 aromatic rings. The number of likely N-dealkylation sites (tertiary alicyclic amines) is 1. The Bertz CT molecular complexity index is 1460. The second kappa shape index (κ2) is 20.3. The van der Waals surface area contributed by atoms with Gasteiger partial charge in [0.25, 0.3) is 0 Å². The van der Waals surface area contributed by atoms with Crippen molar-refractivity contribution in [3.8, 4) is 0 Å². The summed E-state index contributed by atoms with van der Waals surface area (Å²) in [6, 6.07) is 8.15. The van der Waals surface area contributed by atoms with Crippen molar-refractivity contribution in [1.82, 2.24) is 25.4 Å². The maximum atomic E-state index is 14.2. The first-order valence-corrected chi connectivity index (χ1v) is 19.9. The van der Waals surface area contributed by atoms with Gasteiger partial charge in [0.15, 0.2) is 0 Å². The van der Waals surface area contributed by atoms with Gasteiger partial charge in [0.1, 0.15) is 11.0 Å². The van der Waals surface area contributed by atoms with Gasteiger partial charge in [-0.05, 0) is 50.5 Å². The minimum atomic E-state index is -0.834. The molecule has 296 valence electrons. The quantitative estimate of drug-likeness (QED) is 0.177. The highest BCUT2D eigenvalue weighted by Gasteiger charge is 2.43. The van der Waals surface area contributed by atoms with E-state index in [1.165, 1.54) is 11.3 Å². The molecule has 1 fully saturated rings. The largest absolute Gasteiger partial charge is 0.379 e. The van der Waals surface area contributed by atoms with Crippen LogP contribution >= 0.6 is 11.3 Å². The van der Waals surface area contributed by atoms with Crippen LogP contribution in [-0.4, -0.2) is 103 Å². The number of nitrogens with zero attached hydrogens (tertiary/aromatic N) is 3. The van der Waals surface area contributed by atoms with E-state index in [0.717, 1.165) is 23.4 Å². The molecule has 0 spiro atoms. The predicted octanol–water partition coefficient (Wildman–Crippen LogP) is 4.59. The van der Waals surface area contributed by atoms with E-state index in [4.69, 9.17) is 15.2 Å². The normalized spacial score (nSPS) is 18.8. The third-order valence-corrected chi connectivity index (χ3v) is 11.8. The summed E-state index contributed by atoms with van der Waals surface area (Å²) >= 11 is 1.50. The number of benzene rings is 1. The third-order valence-electron chi connectivity index (χ3n) is 11.0. The number of methoxy groups -OCH3 is 2. The molecule has 8 unspecified atom stereocenters. The zero-order valence-electron chi connectivity index (χ0n) is 33.5. The van der Waals surface area contributed by atoms with E-state index in [2.05, 4.69) is 15.6 Å². The molecule has 4 N–H and O–H groups in total. The summed E-state index contributed by atoms with van der Waals surface area (Å²) in [5.74, 6) is -1.58. The van der Waals surface area contributed by atoms with Crippen LogP contribution in [0.4, 0.5) is 0 Å². The number of amides is 4. The van der Waals surface area contributed by atoms with Crippen LogP contribution < -0.4 is 16.4 Å². The summed E-state index contributed by atoms with van der Waals surface area (Å²) < 4.78 is 12.0. The SMILES string of the molecule is CCC(C)C(C(CC(=O)N1CCCC1C(OC)C(C)C(=O)NC(Cc1ccccc1)c1nccs1)OC)N(C)C(=O)C(NC(=O)C(C)(C)CN)C(C)C. The summed E-state index contributed by atoms with van der Waals surface area (Å²) in [4.78, 5) is 63.3. The summed E-state index contributed by atoms with van der Waals surface area (Å²) in [6.45, 7) is 13.9. The summed E-state index contributed by atoms with van der Waals surface area (Å²) in [5.41, 5.74) is 6.11. The molecule has 0 radical (unpaired) electrons. The highest BCUT2D eigenvalue weighted by atomic mass is 32.1. The van der Waals surface area contributed by atoms with Crippen LogP contribution in [-0.2, 0) is 35.1 Å². The number of hydrogen-bond donors (Lipinski definition) is 3. The average Bonchev–Trinajstić information content (AvgIpc) is 3.87. The molecule has 1 aliphatic heterocycles. The van der Waals surface area contributed by atoms with Crippen LogP contribution in [0.25, 0.3) is 0 Å². The minimum absolute atomic E-state index is 0.0165. The fraction of sp³-hybridized carbons (Fsp3) is 0.675. The van der Waals surface area contributed by atoms with E-state index >= 15 is 0 Å². The lowest BCUT2D eigenvalue weighted by atomic mass is 9.88. The molecule has 0 bridgehead atoms. The average molecular weight is 757 g/mol. The molecule has 2 heterocycles. The van der Waals surface area contributed by atoms with Gasteiger partial charge in [-0.3, -0.25) is 19.2 Å². The molecule has 8 atom stereocenters. The Morgan fingerprint density at radius 1 is 1.08 bits per heavy atom. The van der Waals surface area contributed by atoms with Gasteiger partial charge >= 0.3 is 0 Å². The van der Waals surface area contributed by atoms with Crippen LogP contribution in [0.5, 0.6) is 0 Å². The lowest BCUT2D eigenvalue weighted by molar-refractivity contribution is -0.148. The van der Waals surface area contributed by atoms with Crippen molar-refractivity contribution in [2.75, 3.05) is 34.4 Å². The van der Waals surface area contributed by atoms with Crippen molar-refractivity contribution < 1.29 is 28.7 Å². The van der Waals surface area contributed by atoms with E-state index in [1.54, 1.807) is 46.2 Å². The van der Waals surface area contributed by atoms with Crippen LogP contribution in [0.2, 0.25) is 0 Å². The highest BCUT2D eigenvalue weighted by molar-refractivity contribution is 7.09. The first-order chi connectivity index (χ1) is 25.1. The van der Waals surface area contributed by atoms with Crippen molar-refractivity contribution >= 4 is 35.0 Å². The van der Waals surface area contributed by atoms with Gasteiger partial charge in [0, 0.05) is 45.9 Å². The summed E-state index contributed by atoms with van der Waals surface area (Å²) in [6.07, 6.45) is 3.44. The molecular weight excluding hydrogens is 693 g/mol. The molecule has 0 saturated carbocycles. The predicted molar refractivity (Wildman–Crippen MR) is 209 cm³/mol. The molecule has 12 nitrogen and oxygen atoms in total. The fourth-order valence-electron chi connectivity index (χ4n) is 7.23. The third kappa shape index (κ3) is 11.3. The molecule has 1 aliphatic rings. The second-order valence-electron chi connectivity index (χ2n) is 15.5. The Hall–Kier alpha value is -3.39. The molecule has 1 aromatic carbocycles. The lowest BCUT2D eigenvalue weighted by Crippen LogP contribution is -2.59. The van der Waals surface area contributed by atoms with E-state index in [0.29, 0.717) is 19.4 Å². The number of rotatable bonds is 20. The van der Waals surface area contributed by atoms with Gasteiger partial charge in [0.2, 0.25) is 23.6 Å². The molecule has 53 heavy (non-hydrogen) atoms. The maximum absolute atomic E-state index is 14.2. The van der Waals surface area contributed by atoms with Gasteiger partial charge < -0.3 is 35.6 Å². The Morgan fingerprint density at radius 2 is 1.75 bits per heavy atom. The van der Waals surface area contributed by atoms with Crippen molar-refractivity contribution in [1.29, 1.82) is 0 Å². The number of ether oxygens (including phenoxy) is 2. The standard InChI is InChI=1S/C40H64N6O6S/c1-11-26(4)34(45(8)38(49)33(25(2)3)44-39(50)40(6,7)24-41)31(51-9)23-32(47)46-20-15-18-30(46)35(52-10)27(5)36(48)43-29(37-42-19-21-53-37)22-28-16-13-12-14-17-28/h12-14,16-17,19,21,25-27,29-31,33-35H,11,15,18,20,22-24,41H2,1-10H3,(H,43,48)(H,44,50). The van der Waals surface area contributed by atoms with Crippen LogP contribution in [0.3, 0.4) is 0 Å². The maximum Gasteiger partial charge on any atom is 0.245 e. The summed E-state index contributed by atoms with van der Waals surface area (Å²) in [5, 5.41) is 8.90. The van der Waals surface area contributed by atoms with Gasteiger partial charge in [-0.25, -0.2) is 4.98 Å². The van der Waals surface area contributed by atoms with Gasteiger partial charge in [0.05, 0.1) is 48.1 Å². The molecule has 1 aromatic heterocycles. The van der Waals surface area contributed by atoms with Gasteiger partial charge in [-0.15, -0.1) is 11.3 Å². The smallest absolute Gasteiger partial charge is 0.245 e. The van der Waals surface area contributed by atoms with Crippen LogP contribution in [0.1, 0.15) is 90.8 Å². The van der Waals surface area contributed by atoms with Crippen molar-refractivity contribution in [2.24, 2.45) is 28.9 Å². The van der Waals surface area contributed by atoms with Gasteiger partial charge in [-0.2, -0.15) is 0 Å². The second-order valence-corrected chi connectivity index (χ2v) is 16.4. The van der Waals surface area contributed by atoms with E-state index in [1.807, 2.05) is 75.2 Å². The van der Waals surface area contributed by atoms with E-state index in [-0.39, 0.29) is 60.5 Å². The molecule has 3 rings (SSSR count). The number of carbonyl (C=O) groups excluding carboxylic acids is 4. The minimum Gasteiger partial charge on any atom is -0.379 e. The zero-order valence-corrected chi connectivity index (χ0v) is 34.3. The van der Waals surface area contributed by atoms with Crippen molar-refractivity contribution in [3.05, 3.63) is 52.5 Å². The topological polar surface area (TPSA) is 156 Å². The Kier molecular flexibility index (Phi) is 16.9. The number of carbonyl (C=O) groups is 4. The number of nitrogens with two attached hydrogens (primary N) is 1. The van der Waals surface area contributed by atoms with Crippen molar-refractivity contribution in [2.45, 2.75) is 117 Å². The Morgan fingerprint density at radius 3 is 2.30 bits per heavy atom. The molecule has 0 aliphatic carbocycles. The monoisotopic (exact) mass is 756 g/mol. The molecule has 1 saturated heterocycles. The number of hydrogen-bond acceptors (Lipinski definition) is 9. The van der Waals surface area contributed by atoms with Gasteiger partial charge in [-0.1, -0.05) is 71.4 Å². The number of likely N-dealkylation sites (N-methyl/N-ethyl adjacent to an activating group) is 1. The molecule has 13 heteroatoms. The van der Waals surface area contributed by atoms with Crippen LogP contribution in [0, 0.1) is 23.2 Å². The Balaban J connectivity index is 1.78. The lowest BCUT2D eigenvalue weighted by Gasteiger charge is -2.41. The zero-order chi connectivity index (χ0) is 39.5. The highest BCUT2D eigenvalue weighted by Crippen LogP contribution is 2.30. The van der Waals surface area contributed by atoms with Crippen molar-refractivity contribution in [3.63, 3.8) is 0 Å². The molecular formula is C40H64N6O6S. The first kappa shape index (κ1) is 44.0.